The van der Waals surface area contributed by atoms with Gasteiger partial charge in [0.2, 0.25) is 5.91 Å². The SMILES string of the molecule is COc1ccc(/C=C(C)/C=C/C(=O)N2CCCCC2)cc1. The molecule has 0 saturated carbocycles. The van der Waals surface area contributed by atoms with E-state index in [1.807, 2.05) is 42.2 Å². The number of carbonyl (C=O) groups is 1. The predicted octanol–water partition coefficient (Wildman–Crippen LogP) is 3.67. The molecular formula is C18H23NO2. The first kappa shape index (κ1) is 15.4. The average molecular weight is 285 g/mol. The molecule has 1 fully saturated rings. The van der Waals surface area contributed by atoms with E-state index in [1.165, 1.54) is 6.42 Å². The van der Waals surface area contributed by atoms with Crippen molar-refractivity contribution in [2.75, 3.05) is 20.2 Å². The van der Waals surface area contributed by atoms with Gasteiger partial charge in [-0.2, -0.15) is 0 Å². The average Bonchev–Trinajstić information content (AvgIpc) is 2.54. The summed E-state index contributed by atoms with van der Waals surface area (Å²) in [5, 5.41) is 0. The number of benzene rings is 1. The minimum atomic E-state index is 0.122. The van der Waals surface area contributed by atoms with Crippen molar-refractivity contribution in [3.8, 4) is 5.75 Å². The number of allylic oxidation sites excluding steroid dienone is 2. The molecule has 0 atom stereocenters. The fourth-order valence-electron chi connectivity index (χ4n) is 2.43. The van der Waals surface area contributed by atoms with Gasteiger partial charge in [-0.25, -0.2) is 0 Å². The molecule has 1 heterocycles. The zero-order valence-corrected chi connectivity index (χ0v) is 12.8. The molecule has 0 aliphatic carbocycles. The molecule has 1 saturated heterocycles. The second-order valence-corrected chi connectivity index (χ2v) is 5.38. The molecule has 3 nitrogen and oxygen atoms in total. The fourth-order valence-corrected chi connectivity index (χ4v) is 2.43. The molecule has 1 aliphatic heterocycles. The molecule has 0 unspecified atom stereocenters. The van der Waals surface area contributed by atoms with Crippen LogP contribution in [0.15, 0.2) is 42.0 Å². The summed E-state index contributed by atoms with van der Waals surface area (Å²) in [6.07, 6.45) is 9.12. The molecule has 0 bridgehead atoms. The van der Waals surface area contributed by atoms with Gasteiger partial charge in [-0.3, -0.25) is 4.79 Å². The van der Waals surface area contributed by atoms with Crippen LogP contribution in [0.3, 0.4) is 0 Å². The first-order valence-corrected chi connectivity index (χ1v) is 7.48. The Morgan fingerprint density at radius 2 is 1.76 bits per heavy atom. The number of carbonyl (C=O) groups excluding carboxylic acids is 1. The van der Waals surface area contributed by atoms with Crippen LogP contribution in [0, 0.1) is 0 Å². The van der Waals surface area contributed by atoms with E-state index in [2.05, 4.69) is 6.08 Å². The van der Waals surface area contributed by atoms with Crippen LogP contribution in [0.5, 0.6) is 5.75 Å². The normalized spacial score (nSPS) is 16.3. The van der Waals surface area contributed by atoms with E-state index in [-0.39, 0.29) is 5.91 Å². The van der Waals surface area contributed by atoms with Crippen molar-refractivity contribution in [2.45, 2.75) is 26.2 Å². The molecule has 1 amide bonds. The lowest BCUT2D eigenvalue weighted by molar-refractivity contribution is -0.126. The summed E-state index contributed by atoms with van der Waals surface area (Å²) in [5.41, 5.74) is 2.16. The number of hydrogen-bond donors (Lipinski definition) is 0. The third kappa shape index (κ3) is 4.78. The minimum absolute atomic E-state index is 0.122. The van der Waals surface area contributed by atoms with Gasteiger partial charge in [0.15, 0.2) is 0 Å². The lowest BCUT2D eigenvalue weighted by Gasteiger charge is -2.25. The Bertz CT molecular complexity index is 523. The molecule has 2 rings (SSSR count). The zero-order chi connectivity index (χ0) is 15.1. The summed E-state index contributed by atoms with van der Waals surface area (Å²) in [5.74, 6) is 0.970. The van der Waals surface area contributed by atoms with Crippen molar-refractivity contribution in [1.82, 2.24) is 4.90 Å². The van der Waals surface area contributed by atoms with Gasteiger partial charge in [0, 0.05) is 19.2 Å². The third-order valence-corrected chi connectivity index (χ3v) is 3.67. The van der Waals surface area contributed by atoms with Gasteiger partial charge in [0.05, 0.1) is 7.11 Å². The van der Waals surface area contributed by atoms with Crippen LogP contribution >= 0.6 is 0 Å². The van der Waals surface area contributed by atoms with Gasteiger partial charge in [0.1, 0.15) is 5.75 Å². The Morgan fingerprint density at radius 1 is 1.10 bits per heavy atom. The first-order chi connectivity index (χ1) is 10.2. The molecule has 1 aromatic rings. The summed E-state index contributed by atoms with van der Waals surface area (Å²) in [4.78, 5) is 14.0. The van der Waals surface area contributed by atoms with Gasteiger partial charge < -0.3 is 9.64 Å². The summed E-state index contributed by atoms with van der Waals surface area (Å²) < 4.78 is 5.14. The maximum atomic E-state index is 12.0. The zero-order valence-electron chi connectivity index (χ0n) is 12.8. The molecule has 0 radical (unpaired) electrons. The molecule has 1 aliphatic rings. The largest absolute Gasteiger partial charge is 0.497 e. The second kappa shape index (κ2) is 7.67. The molecule has 0 aromatic heterocycles. The van der Waals surface area contributed by atoms with Crippen LogP contribution in [0.2, 0.25) is 0 Å². The molecule has 112 valence electrons. The Kier molecular flexibility index (Phi) is 5.61. The van der Waals surface area contributed by atoms with E-state index in [4.69, 9.17) is 4.74 Å². The molecule has 3 heteroatoms. The molecule has 21 heavy (non-hydrogen) atoms. The van der Waals surface area contributed by atoms with Crippen molar-refractivity contribution < 1.29 is 9.53 Å². The number of rotatable bonds is 4. The predicted molar refractivity (Wildman–Crippen MR) is 86.2 cm³/mol. The van der Waals surface area contributed by atoms with Gasteiger partial charge in [-0.15, -0.1) is 0 Å². The number of nitrogens with zero attached hydrogens (tertiary/aromatic N) is 1. The summed E-state index contributed by atoms with van der Waals surface area (Å²) >= 11 is 0. The van der Waals surface area contributed by atoms with Crippen molar-refractivity contribution in [1.29, 1.82) is 0 Å². The third-order valence-electron chi connectivity index (χ3n) is 3.67. The highest BCUT2D eigenvalue weighted by Gasteiger charge is 2.13. The van der Waals surface area contributed by atoms with Crippen LogP contribution in [-0.2, 0) is 4.79 Å². The highest BCUT2D eigenvalue weighted by atomic mass is 16.5. The number of likely N-dealkylation sites (tertiary alicyclic amines) is 1. The Hall–Kier alpha value is -2.03. The van der Waals surface area contributed by atoms with Crippen molar-refractivity contribution >= 4 is 12.0 Å². The van der Waals surface area contributed by atoms with Crippen LogP contribution in [0.4, 0.5) is 0 Å². The van der Waals surface area contributed by atoms with E-state index in [1.54, 1.807) is 13.2 Å². The number of amides is 1. The van der Waals surface area contributed by atoms with Crippen LogP contribution in [0.1, 0.15) is 31.7 Å². The molecular weight excluding hydrogens is 262 g/mol. The van der Waals surface area contributed by atoms with E-state index in [0.29, 0.717) is 0 Å². The maximum absolute atomic E-state index is 12.0. The van der Waals surface area contributed by atoms with Crippen LogP contribution in [0.25, 0.3) is 6.08 Å². The Balaban J connectivity index is 1.95. The van der Waals surface area contributed by atoms with Crippen molar-refractivity contribution in [2.24, 2.45) is 0 Å². The summed E-state index contributed by atoms with van der Waals surface area (Å²) in [6, 6.07) is 7.87. The summed E-state index contributed by atoms with van der Waals surface area (Å²) in [6.45, 7) is 3.79. The number of hydrogen-bond acceptors (Lipinski definition) is 2. The van der Waals surface area contributed by atoms with E-state index < -0.39 is 0 Å². The lowest BCUT2D eigenvalue weighted by atomic mass is 10.1. The quantitative estimate of drug-likeness (QED) is 0.624. The number of methoxy groups -OCH3 is 1. The van der Waals surface area contributed by atoms with Crippen LogP contribution < -0.4 is 4.74 Å². The van der Waals surface area contributed by atoms with Crippen molar-refractivity contribution in [3.63, 3.8) is 0 Å². The molecule has 0 spiro atoms. The van der Waals surface area contributed by atoms with Crippen LogP contribution in [-0.4, -0.2) is 31.0 Å². The number of ether oxygens (including phenoxy) is 1. The van der Waals surface area contributed by atoms with Gasteiger partial charge in [-0.1, -0.05) is 29.9 Å². The highest BCUT2D eigenvalue weighted by Crippen LogP contribution is 2.14. The van der Waals surface area contributed by atoms with Gasteiger partial charge in [-0.05, 0) is 43.9 Å². The van der Waals surface area contributed by atoms with Gasteiger partial charge in [0.25, 0.3) is 0 Å². The van der Waals surface area contributed by atoms with E-state index in [0.717, 1.165) is 42.8 Å². The Morgan fingerprint density at radius 3 is 2.38 bits per heavy atom. The lowest BCUT2D eigenvalue weighted by Crippen LogP contribution is -2.34. The second-order valence-electron chi connectivity index (χ2n) is 5.38. The fraction of sp³-hybridized carbons (Fsp3) is 0.389. The monoisotopic (exact) mass is 285 g/mol. The molecule has 0 N–H and O–H groups in total. The maximum Gasteiger partial charge on any atom is 0.246 e. The smallest absolute Gasteiger partial charge is 0.246 e. The van der Waals surface area contributed by atoms with Crippen molar-refractivity contribution in [3.05, 3.63) is 47.6 Å². The standard InChI is InChI=1S/C18H23NO2/c1-15(14-16-7-9-17(21-2)10-8-16)6-11-18(20)19-12-4-3-5-13-19/h6-11,14H,3-5,12-13H2,1-2H3/b11-6+,15-14+. The topological polar surface area (TPSA) is 29.5 Å². The Labute approximate surface area is 126 Å². The first-order valence-electron chi connectivity index (χ1n) is 7.48. The van der Waals surface area contributed by atoms with E-state index in [9.17, 15) is 4.79 Å². The van der Waals surface area contributed by atoms with E-state index >= 15 is 0 Å². The number of piperidine rings is 1. The summed E-state index contributed by atoms with van der Waals surface area (Å²) in [7, 11) is 1.66. The van der Waals surface area contributed by atoms with Gasteiger partial charge >= 0.3 is 0 Å². The minimum Gasteiger partial charge on any atom is -0.497 e. The molecule has 1 aromatic carbocycles. The highest BCUT2D eigenvalue weighted by molar-refractivity contribution is 5.88.